The molecule has 0 N–H and O–H groups in total. The summed E-state index contributed by atoms with van der Waals surface area (Å²) >= 11 is 3.06. The topological polar surface area (TPSA) is 69.4 Å². The zero-order valence-corrected chi connectivity index (χ0v) is 12.5. The monoisotopic (exact) mass is 363 g/mol. The molecule has 0 saturated heterocycles. The smallest absolute Gasteiger partial charge is 0.344 e. The number of carbonyl (C=O) groups excluding carboxylic acids is 1. The van der Waals surface area contributed by atoms with E-state index >= 15 is 0 Å². The summed E-state index contributed by atoms with van der Waals surface area (Å²) in [6, 6.07) is 8.40. The van der Waals surface area contributed by atoms with Crippen LogP contribution in [0.4, 0.5) is 10.1 Å². The first-order chi connectivity index (χ1) is 10.5. The second-order valence-corrected chi connectivity index (χ2v) is 5.38. The highest BCUT2D eigenvalue weighted by Crippen LogP contribution is 2.37. The Bertz CT molecular complexity index is 847. The molecule has 1 heterocycles. The number of halogens is 2. The highest BCUT2D eigenvalue weighted by Gasteiger charge is 2.33. The van der Waals surface area contributed by atoms with Gasteiger partial charge in [0.2, 0.25) is 0 Å². The lowest BCUT2D eigenvalue weighted by Crippen LogP contribution is -1.95. The molecule has 22 heavy (non-hydrogen) atoms. The van der Waals surface area contributed by atoms with E-state index in [1.54, 1.807) is 0 Å². The summed E-state index contributed by atoms with van der Waals surface area (Å²) in [4.78, 5) is 22.4. The molecule has 2 aromatic rings. The number of nitro groups is 1. The van der Waals surface area contributed by atoms with Gasteiger partial charge in [-0.05, 0) is 45.8 Å². The van der Waals surface area contributed by atoms with Gasteiger partial charge in [0.15, 0.2) is 0 Å². The Balaban J connectivity index is 2.16. The first-order valence-corrected chi connectivity index (χ1v) is 6.93. The molecule has 110 valence electrons. The number of hydrogen-bond acceptors (Lipinski definition) is 4. The van der Waals surface area contributed by atoms with E-state index in [4.69, 9.17) is 4.74 Å². The Labute approximate surface area is 132 Å². The van der Waals surface area contributed by atoms with Crippen molar-refractivity contribution in [2.24, 2.45) is 0 Å². The van der Waals surface area contributed by atoms with Crippen LogP contribution in [0.15, 0.2) is 40.9 Å². The van der Waals surface area contributed by atoms with Gasteiger partial charge in [0.05, 0.1) is 15.0 Å². The summed E-state index contributed by atoms with van der Waals surface area (Å²) in [5, 5.41) is 11.1. The van der Waals surface area contributed by atoms with Crippen molar-refractivity contribution < 1.29 is 18.8 Å². The minimum Gasteiger partial charge on any atom is -0.422 e. The van der Waals surface area contributed by atoms with E-state index in [-0.39, 0.29) is 27.0 Å². The molecule has 0 saturated carbocycles. The van der Waals surface area contributed by atoms with Crippen molar-refractivity contribution in [3.63, 3.8) is 0 Å². The van der Waals surface area contributed by atoms with Gasteiger partial charge < -0.3 is 4.74 Å². The third kappa shape index (κ3) is 2.39. The fourth-order valence-electron chi connectivity index (χ4n) is 2.18. The normalized spacial score (nSPS) is 14.8. The number of rotatable bonds is 2. The fraction of sp³-hybridized carbons (Fsp3) is 0. The summed E-state index contributed by atoms with van der Waals surface area (Å²) in [6.45, 7) is 0. The Morgan fingerprint density at radius 2 is 2.05 bits per heavy atom. The van der Waals surface area contributed by atoms with Crippen LogP contribution in [0.25, 0.3) is 11.8 Å². The van der Waals surface area contributed by atoms with Crippen molar-refractivity contribution in [1.82, 2.24) is 0 Å². The van der Waals surface area contributed by atoms with E-state index in [1.807, 2.05) is 0 Å². The van der Waals surface area contributed by atoms with Crippen LogP contribution in [-0.4, -0.2) is 10.9 Å². The Morgan fingerprint density at radius 3 is 2.73 bits per heavy atom. The van der Waals surface area contributed by atoms with E-state index in [0.717, 1.165) is 0 Å². The molecule has 0 atom stereocenters. The second-order valence-electron chi connectivity index (χ2n) is 4.53. The van der Waals surface area contributed by atoms with Gasteiger partial charge in [-0.25, -0.2) is 9.18 Å². The fourth-order valence-corrected chi connectivity index (χ4v) is 2.58. The van der Waals surface area contributed by atoms with Crippen LogP contribution in [0.5, 0.6) is 0 Å². The number of nitro benzene ring substituents is 1. The van der Waals surface area contributed by atoms with Crippen LogP contribution >= 0.6 is 15.9 Å². The van der Waals surface area contributed by atoms with Gasteiger partial charge >= 0.3 is 5.97 Å². The molecule has 0 aromatic heterocycles. The number of esters is 1. The Kier molecular flexibility index (Phi) is 3.50. The molecule has 5 nitrogen and oxygen atoms in total. The highest BCUT2D eigenvalue weighted by molar-refractivity contribution is 9.10. The number of cyclic esters (lactones) is 1. The molecule has 0 aliphatic carbocycles. The number of hydrogen-bond donors (Lipinski definition) is 0. The molecule has 2 aromatic carbocycles. The van der Waals surface area contributed by atoms with Gasteiger partial charge in [0.1, 0.15) is 17.1 Å². The van der Waals surface area contributed by atoms with Crippen LogP contribution in [0.3, 0.4) is 0 Å². The molecular formula is C15H7BrFNO4. The summed E-state index contributed by atoms with van der Waals surface area (Å²) < 4.78 is 18.6. The van der Waals surface area contributed by atoms with Crippen molar-refractivity contribution in [2.45, 2.75) is 0 Å². The molecule has 1 aliphatic rings. The molecule has 0 radical (unpaired) electrons. The average Bonchev–Trinajstić information content (AvgIpc) is 2.79. The highest BCUT2D eigenvalue weighted by atomic mass is 79.9. The largest absolute Gasteiger partial charge is 0.422 e. The predicted molar refractivity (Wildman–Crippen MR) is 80.5 cm³/mol. The maximum absolute atomic E-state index is 13.2. The van der Waals surface area contributed by atoms with Gasteiger partial charge in [-0.3, -0.25) is 10.1 Å². The summed E-state index contributed by atoms with van der Waals surface area (Å²) in [5.74, 6) is -1.01. The number of carbonyl (C=O) groups is 1. The van der Waals surface area contributed by atoms with Crippen molar-refractivity contribution in [2.75, 3.05) is 0 Å². The maximum atomic E-state index is 13.2. The Hall–Kier alpha value is -2.54. The number of ether oxygens (including phenoxy) is 1. The van der Waals surface area contributed by atoms with E-state index in [0.29, 0.717) is 5.56 Å². The van der Waals surface area contributed by atoms with Crippen LogP contribution in [-0.2, 0) is 4.74 Å². The van der Waals surface area contributed by atoms with Gasteiger partial charge in [-0.15, -0.1) is 0 Å². The van der Waals surface area contributed by atoms with Crippen LogP contribution < -0.4 is 0 Å². The number of benzene rings is 2. The Morgan fingerprint density at radius 1 is 1.27 bits per heavy atom. The maximum Gasteiger partial charge on any atom is 0.344 e. The van der Waals surface area contributed by atoms with E-state index < -0.39 is 16.7 Å². The molecule has 0 spiro atoms. The predicted octanol–water partition coefficient (Wildman–Crippen LogP) is 4.16. The van der Waals surface area contributed by atoms with Crippen molar-refractivity contribution >= 4 is 39.4 Å². The second kappa shape index (κ2) is 5.34. The lowest BCUT2D eigenvalue weighted by atomic mass is 10.0. The van der Waals surface area contributed by atoms with Crippen molar-refractivity contribution in [3.8, 4) is 0 Å². The lowest BCUT2D eigenvalue weighted by Gasteiger charge is -2.01. The standard InChI is InChI=1S/C15H7BrFNO4/c16-10-6-8(4-5-11(10)17)7-13-14-9(15(19)22-13)2-1-3-12(14)18(20)21/h1-7H. The molecule has 0 unspecified atom stereocenters. The molecule has 0 bridgehead atoms. The van der Waals surface area contributed by atoms with E-state index in [2.05, 4.69) is 15.9 Å². The average molecular weight is 364 g/mol. The van der Waals surface area contributed by atoms with Gasteiger partial charge in [0.25, 0.3) is 5.69 Å². The minimum absolute atomic E-state index is 0.0748. The number of nitrogens with zero attached hydrogens (tertiary/aromatic N) is 1. The van der Waals surface area contributed by atoms with Crippen LogP contribution in [0.2, 0.25) is 0 Å². The molecule has 0 fully saturated rings. The SMILES string of the molecule is O=C1OC(=Cc2ccc(F)c(Br)c2)c2c1cccc2[N+](=O)[O-]. The first-order valence-electron chi connectivity index (χ1n) is 6.14. The molecule has 3 rings (SSSR count). The zero-order valence-electron chi connectivity index (χ0n) is 10.9. The molecular weight excluding hydrogens is 357 g/mol. The minimum atomic E-state index is -0.647. The van der Waals surface area contributed by atoms with Crippen molar-refractivity contribution in [3.05, 3.63) is 73.5 Å². The third-order valence-electron chi connectivity index (χ3n) is 3.15. The molecule has 1 aliphatic heterocycles. The summed E-state index contributed by atoms with van der Waals surface area (Å²) in [6.07, 6.45) is 1.46. The van der Waals surface area contributed by atoms with Crippen LogP contribution in [0.1, 0.15) is 21.5 Å². The summed E-state index contributed by atoms with van der Waals surface area (Å²) in [5.41, 5.74) is 0.609. The summed E-state index contributed by atoms with van der Waals surface area (Å²) in [7, 11) is 0. The van der Waals surface area contributed by atoms with Gasteiger partial charge in [-0.2, -0.15) is 0 Å². The number of fused-ring (bicyclic) bond motifs is 1. The third-order valence-corrected chi connectivity index (χ3v) is 3.76. The van der Waals surface area contributed by atoms with Crippen molar-refractivity contribution in [1.29, 1.82) is 0 Å². The zero-order chi connectivity index (χ0) is 15.9. The molecule has 7 heteroatoms. The van der Waals surface area contributed by atoms with E-state index in [9.17, 15) is 19.3 Å². The quantitative estimate of drug-likeness (QED) is 0.456. The molecule has 0 amide bonds. The van der Waals surface area contributed by atoms with Gasteiger partial charge in [0, 0.05) is 6.07 Å². The van der Waals surface area contributed by atoms with Gasteiger partial charge in [-0.1, -0.05) is 12.1 Å². The first kappa shape index (κ1) is 14.4. The lowest BCUT2D eigenvalue weighted by molar-refractivity contribution is -0.385. The van der Waals surface area contributed by atoms with E-state index in [1.165, 1.54) is 42.5 Å². The van der Waals surface area contributed by atoms with Crippen LogP contribution in [0, 0.1) is 15.9 Å².